The number of allylic oxidation sites excluding steroid dienone is 1. The molecule has 0 aliphatic heterocycles. The lowest BCUT2D eigenvalue weighted by Gasteiger charge is -2.04. The molecule has 5 heteroatoms. The molecule has 1 N–H and O–H groups in total. The van der Waals surface area contributed by atoms with Crippen molar-refractivity contribution in [3.8, 4) is 0 Å². The summed E-state index contributed by atoms with van der Waals surface area (Å²) in [5.74, 6) is 0. The highest BCUT2D eigenvalue weighted by molar-refractivity contribution is 6.06. The quantitative estimate of drug-likeness (QED) is 0.382. The number of carbonyl (C=O) groups is 1. The minimum absolute atomic E-state index is 0.00115. The fraction of sp³-hybridized carbons (Fsp3) is 0.0625. The van der Waals surface area contributed by atoms with Crippen LogP contribution in [0.25, 0.3) is 5.57 Å². The number of carbonyl (C=O) groups excluding carboxylic acids is 1. The summed E-state index contributed by atoms with van der Waals surface area (Å²) in [6, 6.07) is 15.7. The molecule has 0 radical (unpaired) electrons. The second-order valence-electron chi connectivity index (χ2n) is 4.39. The molecule has 2 aromatic carbocycles. The van der Waals surface area contributed by atoms with Gasteiger partial charge in [-0.15, -0.1) is 0 Å². The zero-order valence-corrected chi connectivity index (χ0v) is 11.2. The third-order valence-corrected chi connectivity index (χ3v) is 2.94. The van der Waals surface area contributed by atoms with E-state index in [1.807, 2.05) is 30.3 Å². The van der Waals surface area contributed by atoms with Gasteiger partial charge < -0.3 is 5.32 Å². The number of hydrogen-bond acceptors (Lipinski definition) is 4. The molecule has 0 spiro atoms. The maximum absolute atomic E-state index is 11.1. The Kier molecular flexibility index (Phi) is 4.82. The summed E-state index contributed by atoms with van der Waals surface area (Å²) in [5.41, 5.74) is 2.18. The number of nitro groups is 1. The van der Waals surface area contributed by atoms with Crippen LogP contribution >= 0.6 is 0 Å². The Bertz CT molecular complexity index is 649. The molecule has 0 aliphatic carbocycles. The van der Waals surface area contributed by atoms with Crippen LogP contribution in [-0.2, 0) is 11.3 Å². The Morgan fingerprint density at radius 2 is 1.76 bits per heavy atom. The molecule has 0 saturated carbocycles. The van der Waals surface area contributed by atoms with Gasteiger partial charge in [0.2, 0.25) is 0 Å². The van der Waals surface area contributed by atoms with E-state index in [0.29, 0.717) is 17.7 Å². The van der Waals surface area contributed by atoms with Crippen LogP contribution in [0.2, 0.25) is 0 Å². The molecule has 0 atom stereocenters. The Labute approximate surface area is 122 Å². The summed E-state index contributed by atoms with van der Waals surface area (Å²) < 4.78 is 0. The zero-order chi connectivity index (χ0) is 15.1. The topological polar surface area (TPSA) is 72.2 Å². The smallest absolute Gasteiger partial charge is 0.269 e. The van der Waals surface area contributed by atoms with Gasteiger partial charge in [-0.2, -0.15) is 0 Å². The first-order valence-corrected chi connectivity index (χ1v) is 6.38. The highest BCUT2D eigenvalue weighted by Gasteiger charge is 2.06. The van der Waals surface area contributed by atoms with Crippen molar-refractivity contribution in [2.75, 3.05) is 0 Å². The fourth-order valence-corrected chi connectivity index (χ4v) is 1.84. The molecule has 0 amide bonds. The molecular weight excluding hydrogens is 268 g/mol. The zero-order valence-electron chi connectivity index (χ0n) is 11.2. The van der Waals surface area contributed by atoms with Crippen LogP contribution in [0.15, 0.2) is 60.8 Å². The van der Waals surface area contributed by atoms with Gasteiger partial charge in [-0.05, 0) is 23.3 Å². The van der Waals surface area contributed by atoms with E-state index in [1.165, 1.54) is 12.1 Å². The van der Waals surface area contributed by atoms with Crippen molar-refractivity contribution >= 4 is 17.5 Å². The molecule has 5 nitrogen and oxygen atoms in total. The summed E-state index contributed by atoms with van der Waals surface area (Å²) in [6.07, 6.45) is 2.33. The lowest BCUT2D eigenvalue weighted by molar-refractivity contribution is -0.384. The van der Waals surface area contributed by atoms with E-state index in [2.05, 4.69) is 5.32 Å². The highest BCUT2D eigenvalue weighted by atomic mass is 16.6. The average Bonchev–Trinajstić information content (AvgIpc) is 2.53. The van der Waals surface area contributed by atoms with Gasteiger partial charge in [0.05, 0.1) is 4.92 Å². The van der Waals surface area contributed by atoms with Gasteiger partial charge in [0.25, 0.3) is 5.69 Å². The monoisotopic (exact) mass is 282 g/mol. The van der Waals surface area contributed by atoms with Crippen LogP contribution in [-0.4, -0.2) is 11.2 Å². The lowest BCUT2D eigenvalue weighted by atomic mass is 10.1. The van der Waals surface area contributed by atoms with Crippen molar-refractivity contribution in [3.63, 3.8) is 0 Å². The molecular formula is C16H14N2O3. The first-order chi connectivity index (χ1) is 10.2. The number of rotatable bonds is 6. The van der Waals surface area contributed by atoms with E-state index >= 15 is 0 Å². The van der Waals surface area contributed by atoms with Crippen LogP contribution in [0.4, 0.5) is 5.69 Å². The Hall–Kier alpha value is -2.95. The summed E-state index contributed by atoms with van der Waals surface area (Å²) in [4.78, 5) is 21.2. The molecule has 0 fully saturated rings. The van der Waals surface area contributed by atoms with E-state index in [1.54, 1.807) is 18.3 Å². The third-order valence-electron chi connectivity index (χ3n) is 2.94. The first-order valence-electron chi connectivity index (χ1n) is 6.38. The normalized spacial score (nSPS) is 11.0. The van der Waals surface area contributed by atoms with Crippen molar-refractivity contribution in [2.45, 2.75) is 6.54 Å². The standard InChI is InChI=1S/C16H14N2O3/c19-12-15(11-17-10-13-4-2-1-3-5-13)14-6-8-16(9-7-14)18(20)21/h1-9,11-12,17H,10H2/b15-11+. The van der Waals surface area contributed by atoms with Gasteiger partial charge in [-0.3, -0.25) is 14.9 Å². The molecule has 0 heterocycles. The number of aldehydes is 1. The number of benzene rings is 2. The number of hydrogen-bond donors (Lipinski definition) is 1. The van der Waals surface area contributed by atoms with Crippen LogP contribution in [0.3, 0.4) is 0 Å². The number of nitro benzene ring substituents is 1. The second kappa shape index (κ2) is 7.00. The minimum Gasteiger partial charge on any atom is -0.386 e. The van der Waals surface area contributed by atoms with Crippen LogP contribution in [0, 0.1) is 10.1 Å². The van der Waals surface area contributed by atoms with Crippen LogP contribution in [0.1, 0.15) is 11.1 Å². The van der Waals surface area contributed by atoms with E-state index in [-0.39, 0.29) is 5.69 Å². The molecule has 0 aromatic heterocycles. The maximum atomic E-state index is 11.1. The van der Waals surface area contributed by atoms with Gasteiger partial charge in [-0.1, -0.05) is 30.3 Å². The van der Waals surface area contributed by atoms with E-state index in [0.717, 1.165) is 11.8 Å². The predicted molar refractivity (Wildman–Crippen MR) is 80.4 cm³/mol. The van der Waals surface area contributed by atoms with Crippen molar-refractivity contribution in [3.05, 3.63) is 82.0 Å². The summed E-state index contributed by atoms with van der Waals surface area (Å²) in [5, 5.41) is 13.7. The molecule has 0 bridgehead atoms. The maximum Gasteiger partial charge on any atom is 0.269 e. The van der Waals surface area contributed by atoms with Gasteiger partial charge >= 0.3 is 0 Å². The van der Waals surface area contributed by atoms with Gasteiger partial charge in [-0.25, -0.2) is 0 Å². The summed E-state index contributed by atoms with van der Waals surface area (Å²) in [7, 11) is 0. The number of nitrogens with zero attached hydrogens (tertiary/aromatic N) is 1. The van der Waals surface area contributed by atoms with E-state index in [4.69, 9.17) is 0 Å². The summed E-state index contributed by atoms with van der Waals surface area (Å²) >= 11 is 0. The lowest BCUT2D eigenvalue weighted by Crippen LogP contribution is -2.06. The molecule has 2 rings (SSSR count). The predicted octanol–water partition coefficient (Wildman–Crippen LogP) is 2.92. The van der Waals surface area contributed by atoms with Crippen molar-refractivity contribution in [1.29, 1.82) is 0 Å². The van der Waals surface area contributed by atoms with Crippen molar-refractivity contribution in [1.82, 2.24) is 5.32 Å². The molecule has 21 heavy (non-hydrogen) atoms. The van der Waals surface area contributed by atoms with Gasteiger partial charge in [0.15, 0.2) is 6.29 Å². The van der Waals surface area contributed by atoms with Crippen LogP contribution in [0.5, 0.6) is 0 Å². The van der Waals surface area contributed by atoms with Crippen LogP contribution < -0.4 is 5.32 Å². The van der Waals surface area contributed by atoms with Crippen molar-refractivity contribution in [2.24, 2.45) is 0 Å². The minimum atomic E-state index is -0.471. The Morgan fingerprint density at radius 1 is 1.10 bits per heavy atom. The SMILES string of the molecule is O=C/C(=C\NCc1ccccc1)c1ccc([N+](=O)[O-])cc1. The Balaban J connectivity index is 2.06. The highest BCUT2D eigenvalue weighted by Crippen LogP contribution is 2.17. The van der Waals surface area contributed by atoms with Gasteiger partial charge in [0, 0.05) is 30.5 Å². The van der Waals surface area contributed by atoms with Gasteiger partial charge in [0.1, 0.15) is 0 Å². The summed E-state index contributed by atoms with van der Waals surface area (Å²) in [6.45, 7) is 0.602. The molecule has 0 aliphatic rings. The van der Waals surface area contributed by atoms with Crippen molar-refractivity contribution < 1.29 is 9.72 Å². The first kappa shape index (κ1) is 14.5. The Morgan fingerprint density at radius 3 is 2.33 bits per heavy atom. The second-order valence-corrected chi connectivity index (χ2v) is 4.39. The third kappa shape index (κ3) is 4.01. The number of nitrogens with one attached hydrogen (secondary N) is 1. The molecule has 106 valence electrons. The van der Waals surface area contributed by atoms with E-state index in [9.17, 15) is 14.9 Å². The molecule has 0 saturated heterocycles. The fourth-order valence-electron chi connectivity index (χ4n) is 1.84. The number of non-ortho nitro benzene ring substituents is 1. The van der Waals surface area contributed by atoms with E-state index < -0.39 is 4.92 Å². The average molecular weight is 282 g/mol. The largest absolute Gasteiger partial charge is 0.386 e. The molecule has 0 unspecified atom stereocenters. The molecule has 2 aromatic rings.